The van der Waals surface area contributed by atoms with Gasteiger partial charge in [-0.2, -0.15) is 0 Å². The first-order valence-corrected chi connectivity index (χ1v) is 6.31. The molecule has 0 aliphatic carbocycles. The second kappa shape index (κ2) is 4.92. The second-order valence-electron chi connectivity index (χ2n) is 4.94. The smallest absolute Gasteiger partial charge is 0.232 e. The van der Waals surface area contributed by atoms with Gasteiger partial charge in [-0.3, -0.25) is 14.5 Å². The van der Waals surface area contributed by atoms with Gasteiger partial charge in [-0.15, -0.1) is 0 Å². The third-order valence-corrected chi connectivity index (χ3v) is 3.78. The predicted molar refractivity (Wildman–Crippen MR) is 66.6 cm³/mol. The Morgan fingerprint density at radius 3 is 2.78 bits per heavy atom. The highest BCUT2D eigenvalue weighted by molar-refractivity contribution is 5.97. The van der Waals surface area contributed by atoms with Gasteiger partial charge in [-0.25, -0.2) is 4.98 Å². The van der Waals surface area contributed by atoms with Crippen LogP contribution in [0.15, 0.2) is 12.5 Å². The Kier molecular flexibility index (Phi) is 3.50. The summed E-state index contributed by atoms with van der Waals surface area (Å²) in [6, 6.07) is 0. The molecule has 1 aliphatic heterocycles. The van der Waals surface area contributed by atoms with Crippen LogP contribution in [0, 0.1) is 11.8 Å². The van der Waals surface area contributed by atoms with Gasteiger partial charge in [0, 0.05) is 38.3 Å². The van der Waals surface area contributed by atoms with Crippen LogP contribution in [0.4, 0.5) is 0 Å². The number of rotatable bonds is 3. The van der Waals surface area contributed by atoms with Gasteiger partial charge in [0.05, 0.1) is 6.33 Å². The Labute approximate surface area is 107 Å². The molecule has 0 aromatic carbocycles. The zero-order valence-electron chi connectivity index (χ0n) is 11.1. The van der Waals surface area contributed by atoms with Crippen LogP contribution in [-0.4, -0.2) is 32.8 Å². The van der Waals surface area contributed by atoms with Crippen molar-refractivity contribution < 1.29 is 9.59 Å². The molecule has 0 N–H and O–H groups in total. The van der Waals surface area contributed by atoms with Crippen molar-refractivity contribution in [2.75, 3.05) is 6.54 Å². The van der Waals surface area contributed by atoms with Gasteiger partial charge in [0.2, 0.25) is 11.8 Å². The topological polar surface area (TPSA) is 55.2 Å². The SMILES string of the molecule is CCC1C(=O)N(C(C)=O)CC1Cc1cncn1C. The van der Waals surface area contributed by atoms with Crippen molar-refractivity contribution in [3.05, 3.63) is 18.2 Å². The number of imide groups is 1. The number of aryl methyl sites for hydroxylation is 1. The largest absolute Gasteiger partial charge is 0.338 e. The van der Waals surface area contributed by atoms with Gasteiger partial charge in [-0.1, -0.05) is 6.92 Å². The zero-order valence-corrected chi connectivity index (χ0v) is 11.1. The van der Waals surface area contributed by atoms with Crippen LogP contribution >= 0.6 is 0 Å². The molecule has 1 fully saturated rings. The van der Waals surface area contributed by atoms with Crippen LogP contribution in [0.5, 0.6) is 0 Å². The molecule has 0 saturated carbocycles. The molecule has 0 bridgehead atoms. The third-order valence-electron chi connectivity index (χ3n) is 3.78. The summed E-state index contributed by atoms with van der Waals surface area (Å²) in [5, 5.41) is 0. The fourth-order valence-electron chi connectivity index (χ4n) is 2.70. The molecule has 0 spiro atoms. The van der Waals surface area contributed by atoms with E-state index in [0.717, 1.165) is 18.5 Å². The minimum Gasteiger partial charge on any atom is -0.338 e. The van der Waals surface area contributed by atoms with Crippen molar-refractivity contribution in [2.45, 2.75) is 26.7 Å². The maximum Gasteiger partial charge on any atom is 0.232 e. The molecule has 1 aliphatic rings. The molecule has 2 amide bonds. The molecular formula is C13H19N3O2. The van der Waals surface area contributed by atoms with Crippen LogP contribution in [0.25, 0.3) is 0 Å². The van der Waals surface area contributed by atoms with Crippen molar-refractivity contribution in [2.24, 2.45) is 18.9 Å². The molecule has 5 nitrogen and oxygen atoms in total. The molecule has 5 heteroatoms. The highest BCUT2D eigenvalue weighted by Gasteiger charge is 2.40. The number of likely N-dealkylation sites (tertiary alicyclic amines) is 1. The van der Waals surface area contributed by atoms with Crippen LogP contribution < -0.4 is 0 Å². The summed E-state index contributed by atoms with van der Waals surface area (Å²) < 4.78 is 1.97. The predicted octanol–water partition coefficient (Wildman–Crippen LogP) is 0.994. The molecule has 2 unspecified atom stereocenters. The standard InChI is InChI=1S/C13H19N3O2/c1-4-12-10(5-11-6-14-8-15(11)3)7-16(9(2)17)13(12)18/h6,8,10,12H,4-5,7H2,1-3H3. The van der Waals surface area contributed by atoms with Crippen molar-refractivity contribution >= 4 is 11.8 Å². The van der Waals surface area contributed by atoms with Crippen molar-refractivity contribution in [3.63, 3.8) is 0 Å². The van der Waals surface area contributed by atoms with E-state index in [0.29, 0.717) is 6.54 Å². The Hall–Kier alpha value is -1.65. The molecule has 2 rings (SSSR count). The lowest BCUT2D eigenvalue weighted by atomic mass is 9.89. The Balaban J connectivity index is 2.15. The van der Waals surface area contributed by atoms with Gasteiger partial charge in [0.1, 0.15) is 0 Å². The summed E-state index contributed by atoms with van der Waals surface area (Å²) >= 11 is 0. The van der Waals surface area contributed by atoms with Crippen molar-refractivity contribution in [1.82, 2.24) is 14.5 Å². The average Bonchev–Trinajstić information content (AvgIpc) is 2.84. The monoisotopic (exact) mass is 249 g/mol. The number of nitrogens with zero attached hydrogens (tertiary/aromatic N) is 3. The fraction of sp³-hybridized carbons (Fsp3) is 0.615. The van der Waals surface area contributed by atoms with Crippen LogP contribution in [-0.2, 0) is 23.1 Å². The van der Waals surface area contributed by atoms with Gasteiger partial charge < -0.3 is 4.57 Å². The highest BCUT2D eigenvalue weighted by Crippen LogP contribution is 2.30. The quantitative estimate of drug-likeness (QED) is 0.803. The van der Waals surface area contributed by atoms with E-state index in [1.54, 1.807) is 6.33 Å². The number of aromatic nitrogens is 2. The Bertz CT molecular complexity index is 467. The number of imidazole rings is 1. The molecule has 1 saturated heterocycles. The van der Waals surface area contributed by atoms with E-state index in [4.69, 9.17) is 0 Å². The van der Waals surface area contributed by atoms with E-state index in [2.05, 4.69) is 4.98 Å². The molecule has 98 valence electrons. The first kappa shape index (κ1) is 12.8. The van der Waals surface area contributed by atoms with Crippen LogP contribution in [0.3, 0.4) is 0 Å². The molecule has 2 atom stereocenters. The van der Waals surface area contributed by atoms with E-state index in [9.17, 15) is 9.59 Å². The van der Waals surface area contributed by atoms with E-state index in [1.807, 2.05) is 24.7 Å². The summed E-state index contributed by atoms with van der Waals surface area (Å²) in [6.07, 6.45) is 5.17. The van der Waals surface area contributed by atoms with Crippen molar-refractivity contribution in [3.8, 4) is 0 Å². The third kappa shape index (κ3) is 2.17. The van der Waals surface area contributed by atoms with Gasteiger partial charge in [-0.05, 0) is 18.8 Å². The molecular weight excluding hydrogens is 230 g/mol. The normalized spacial score (nSPS) is 23.7. The van der Waals surface area contributed by atoms with Gasteiger partial charge >= 0.3 is 0 Å². The summed E-state index contributed by atoms with van der Waals surface area (Å²) in [5.41, 5.74) is 1.11. The second-order valence-corrected chi connectivity index (χ2v) is 4.94. The molecule has 18 heavy (non-hydrogen) atoms. The maximum atomic E-state index is 12.1. The first-order chi connectivity index (χ1) is 8.54. The maximum absolute atomic E-state index is 12.1. The first-order valence-electron chi connectivity index (χ1n) is 6.31. The molecule has 0 radical (unpaired) electrons. The fourth-order valence-corrected chi connectivity index (χ4v) is 2.70. The minimum absolute atomic E-state index is 0.0165. The lowest BCUT2D eigenvalue weighted by molar-refractivity contribution is -0.142. The summed E-state index contributed by atoms with van der Waals surface area (Å²) in [6.45, 7) is 4.00. The number of carbonyl (C=O) groups excluding carboxylic acids is 2. The number of hydrogen-bond acceptors (Lipinski definition) is 3. The zero-order chi connectivity index (χ0) is 13.3. The summed E-state index contributed by atoms with van der Waals surface area (Å²) in [7, 11) is 1.95. The number of amides is 2. The number of hydrogen-bond donors (Lipinski definition) is 0. The van der Waals surface area contributed by atoms with Crippen LogP contribution in [0.2, 0.25) is 0 Å². The number of carbonyl (C=O) groups is 2. The summed E-state index contributed by atoms with van der Waals surface area (Å²) in [5.74, 6) is 0.00808. The molecule has 2 heterocycles. The van der Waals surface area contributed by atoms with E-state index in [1.165, 1.54) is 11.8 Å². The van der Waals surface area contributed by atoms with Crippen molar-refractivity contribution in [1.29, 1.82) is 0 Å². The van der Waals surface area contributed by atoms with Gasteiger partial charge in [0.25, 0.3) is 0 Å². The van der Waals surface area contributed by atoms with E-state index >= 15 is 0 Å². The van der Waals surface area contributed by atoms with E-state index < -0.39 is 0 Å². The lowest BCUT2D eigenvalue weighted by Gasteiger charge is -2.14. The van der Waals surface area contributed by atoms with Crippen LogP contribution in [0.1, 0.15) is 26.0 Å². The average molecular weight is 249 g/mol. The van der Waals surface area contributed by atoms with Gasteiger partial charge in [0.15, 0.2) is 0 Å². The highest BCUT2D eigenvalue weighted by atomic mass is 16.2. The molecule has 1 aromatic heterocycles. The minimum atomic E-state index is -0.147. The Morgan fingerprint density at radius 1 is 1.56 bits per heavy atom. The Morgan fingerprint density at radius 2 is 2.28 bits per heavy atom. The molecule has 1 aromatic rings. The lowest BCUT2D eigenvalue weighted by Crippen LogP contribution is -2.31. The van der Waals surface area contributed by atoms with E-state index in [-0.39, 0.29) is 23.7 Å². The summed E-state index contributed by atoms with van der Waals surface area (Å²) in [4.78, 5) is 29.0.